The SMILES string of the molecule is Cl.Cn1cc(CNCc2ccnn2C)c(C(F)(F)F)n1. The van der Waals surface area contributed by atoms with E-state index in [1.165, 1.54) is 17.9 Å². The fourth-order valence-electron chi connectivity index (χ4n) is 1.81. The van der Waals surface area contributed by atoms with E-state index in [-0.39, 0.29) is 24.5 Å². The molecule has 0 unspecified atom stereocenters. The van der Waals surface area contributed by atoms with Crippen LogP contribution in [0.15, 0.2) is 18.5 Å². The van der Waals surface area contributed by atoms with Crippen molar-refractivity contribution < 1.29 is 13.2 Å². The van der Waals surface area contributed by atoms with Gasteiger partial charge in [0.25, 0.3) is 0 Å². The van der Waals surface area contributed by atoms with Crippen molar-refractivity contribution in [2.45, 2.75) is 19.3 Å². The molecule has 0 bridgehead atoms. The van der Waals surface area contributed by atoms with Gasteiger partial charge in [0.2, 0.25) is 0 Å². The number of alkyl halides is 3. The largest absolute Gasteiger partial charge is 0.435 e. The monoisotopic (exact) mass is 309 g/mol. The Morgan fingerprint density at radius 2 is 1.95 bits per heavy atom. The molecule has 0 spiro atoms. The Balaban J connectivity index is 0.00000200. The number of aromatic nitrogens is 4. The lowest BCUT2D eigenvalue weighted by atomic mass is 10.2. The van der Waals surface area contributed by atoms with E-state index in [2.05, 4.69) is 15.5 Å². The summed E-state index contributed by atoms with van der Waals surface area (Å²) in [7, 11) is 3.25. The first-order valence-electron chi connectivity index (χ1n) is 5.65. The topological polar surface area (TPSA) is 47.7 Å². The molecule has 0 aromatic carbocycles. The summed E-state index contributed by atoms with van der Waals surface area (Å²) in [6.45, 7) is 0.552. The van der Waals surface area contributed by atoms with Crippen LogP contribution in [0.4, 0.5) is 13.2 Å². The first kappa shape index (κ1) is 16.5. The molecule has 2 rings (SSSR count). The van der Waals surface area contributed by atoms with Crippen molar-refractivity contribution in [1.82, 2.24) is 24.9 Å². The summed E-state index contributed by atoms with van der Waals surface area (Å²) >= 11 is 0. The van der Waals surface area contributed by atoms with Crippen LogP contribution in [0, 0.1) is 0 Å². The number of hydrogen-bond donors (Lipinski definition) is 1. The molecule has 0 atom stereocenters. The molecule has 0 aliphatic rings. The minimum absolute atomic E-state index is 0. The molecular formula is C11H15ClF3N5. The molecule has 2 aromatic heterocycles. The molecule has 0 saturated heterocycles. The van der Waals surface area contributed by atoms with Gasteiger partial charge < -0.3 is 5.32 Å². The number of nitrogens with zero attached hydrogens (tertiary/aromatic N) is 4. The fourth-order valence-corrected chi connectivity index (χ4v) is 1.81. The van der Waals surface area contributed by atoms with Crippen LogP contribution in [0.1, 0.15) is 17.0 Å². The van der Waals surface area contributed by atoms with Gasteiger partial charge >= 0.3 is 6.18 Å². The molecule has 0 aliphatic heterocycles. The third kappa shape index (κ3) is 3.73. The van der Waals surface area contributed by atoms with Crippen molar-refractivity contribution in [3.8, 4) is 0 Å². The minimum Gasteiger partial charge on any atom is -0.307 e. The number of aryl methyl sites for hydroxylation is 2. The van der Waals surface area contributed by atoms with Gasteiger partial charge in [-0.05, 0) is 6.07 Å². The van der Waals surface area contributed by atoms with E-state index >= 15 is 0 Å². The van der Waals surface area contributed by atoms with Gasteiger partial charge in [-0.3, -0.25) is 9.36 Å². The predicted octanol–water partition coefficient (Wildman–Crippen LogP) is 1.88. The minimum atomic E-state index is -4.43. The van der Waals surface area contributed by atoms with Gasteiger partial charge in [0.1, 0.15) is 0 Å². The first-order valence-corrected chi connectivity index (χ1v) is 5.65. The lowest BCUT2D eigenvalue weighted by Gasteiger charge is -2.07. The molecule has 2 heterocycles. The summed E-state index contributed by atoms with van der Waals surface area (Å²) in [6.07, 6.45) is -1.41. The summed E-state index contributed by atoms with van der Waals surface area (Å²) in [6, 6.07) is 1.81. The van der Waals surface area contributed by atoms with Crippen molar-refractivity contribution in [2.75, 3.05) is 0 Å². The van der Waals surface area contributed by atoms with Gasteiger partial charge in [0.05, 0.1) is 5.69 Å². The highest BCUT2D eigenvalue weighted by Crippen LogP contribution is 2.30. The molecule has 1 N–H and O–H groups in total. The Morgan fingerprint density at radius 1 is 1.25 bits per heavy atom. The van der Waals surface area contributed by atoms with E-state index in [0.717, 1.165) is 5.69 Å². The van der Waals surface area contributed by atoms with Crippen LogP contribution in [0.5, 0.6) is 0 Å². The van der Waals surface area contributed by atoms with Crippen molar-refractivity contribution in [1.29, 1.82) is 0 Å². The van der Waals surface area contributed by atoms with Crippen LogP contribution in [0.25, 0.3) is 0 Å². The fraction of sp³-hybridized carbons (Fsp3) is 0.455. The Labute approximate surface area is 120 Å². The smallest absolute Gasteiger partial charge is 0.307 e. The van der Waals surface area contributed by atoms with Gasteiger partial charge in [0, 0.05) is 45.1 Å². The summed E-state index contributed by atoms with van der Waals surface area (Å²) in [5.74, 6) is 0. The first-order chi connectivity index (χ1) is 8.88. The molecule has 0 radical (unpaired) electrons. The zero-order chi connectivity index (χ0) is 14.0. The molecule has 0 saturated carbocycles. The van der Waals surface area contributed by atoms with Crippen LogP contribution < -0.4 is 5.32 Å². The second-order valence-corrected chi connectivity index (χ2v) is 4.22. The molecule has 0 amide bonds. The third-order valence-corrected chi connectivity index (χ3v) is 2.72. The Bertz CT molecular complexity index is 561. The lowest BCUT2D eigenvalue weighted by Crippen LogP contribution is -2.18. The molecule has 5 nitrogen and oxygen atoms in total. The second-order valence-electron chi connectivity index (χ2n) is 4.22. The highest BCUT2D eigenvalue weighted by molar-refractivity contribution is 5.85. The molecule has 9 heteroatoms. The standard InChI is InChI=1S/C11H14F3N5.ClH/c1-18-7-8(10(17-18)11(12,13)14)5-15-6-9-3-4-16-19(9)2;/h3-4,7,15H,5-6H2,1-2H3;1H. The van der Waals surface area contributed by atoms with Gasteiger partial charge in [-0.15, -0.1) is 12.4 Å². The summed E-state index contributed by atoms with van der Waals surface area (Å²) in [5.41, 5.74) is 0.196. The van der Waals surface area contributed by atoms with Crippen LogP contribution >= 0.6 is 12.4 Å². The summed E-state index contributed by atoms with van der Waals surface area (Å²) < 4.78 is 41.0. The lowest BCUT2D eigenvalue weighted by molar-refractivity contribution is -0.142. The van der Waals surface area contributed by atoms with Crippen LogP contribution in [0.3, 0.4) is 0 Å². The molecule has 112 valence electrons. The average molecular weight is 310 g/mol. The van der Waals surface area contributed by atoms with Crippen LogP contribution in [-0.2, 0) is 33.4 Å². The van der Waals surface area contributed by atoms with Crippen LogP contribution in [0.2, 0.25) is 0 Å². The zero-order valence-electron chi connectivity index (χ0n) is 11.0. The molecule has 2 aromatic rings. The van der Waals surface area contributed by atoms with E-state index in [0.29, 0.717) is 6.54 Å². The maximum absolute atomic E-state index is 12.7. The number of nitrogens with one attached hydrogen (secondary N) is 1. The molecule has 0 fully saturated rings. The van der Waals surface area contributed by atoms with Gasteiger partial charge in [-0.25, -0.2) is 0 Å². The van der Waals surface area contributed by atoms with E-state index in [1.807, 2.05) is 0 Å². The van der Waals surface area contributed by atoms with E-state index in [9.17, 15) is 13.2 Å². The Kier molecular flexibility index (Phi) is 5.18. The number of rotatable bonds is 4. The van der Waals surface area contributed by atoms with Crippen molar-refractivity contribution in [3.05, 3.63) is 35.4 Å². The molecular weight excluding hydrogens is 295 g/mol. The maximum Gasteiger partial charge on any atom is 0.435 e. The molecule has 0 aliphatic carbocycles. The highest BCUT2D eigenvalue weighted by Gasteiger charge is 2.36. The zero-order valence-corrected chi connectivity index (χ0v) is 11.8. The van der Waals surface area contributed by atoms with Crippen LogP contribution in [-0.4, -0.2) is 19.6 Å². The van der Waals surface area contributed by atoms with Crippen molar-refractivity contribution >= 4 is 12.4 Å². The summed E-state index contributed by atoms with van der Waals surface area (Å²) in [5, 5.41) is 10.4. The second kappa shape index (κ2) is 6.27. The Hall–Kier alpha value is -1.54. The summed E-state index contributed by atoms with van der Waals surface area (Å²) in [4.78, 5) is 0. The van der Waals surface area contributed by atoms with E-state index in [1.54, 1.807) is 24.0 Å². The normalized spacial score (nSPS) is 11.4. The number of halogens is 4. The average Bonchev–Trinajstić information content (AvgIpc) is 2.85. The maximum atomic E-state index is 12.7. The van der Waals surface area contributed by atoms with Gasteiger partial charge in [-0.2, -0.15) is 23.4 Å². The Morgan fingerprint density at radius 3 is 2.50 bits per heavy atom. The predicted molar refractivity (Wildman–Crippen MR) is 69.2 cm³/mol. The van der Waals surface area contributed by atoms with Crippen molar-refractivity contribution in [3.63, 3.8) is 0 Å². The third-order valence-electron chi connectivity index (χ3n) is 2.72. The number of hydrogen-bond acceptors (Lipinski definition) is 3. The van der Waals surface area contributed by atoms with Gasteiger partial charge in [0.15, 0.2) is 5.69 Å². The quantitative estimate of drug-likeness (QED) is 0.938. The van der Waals surface area contributed by atoms with E-state index in [4.69, 9.17) is 0 Å². The van der Waals surface area contributed by atoms with E-state index < -0.39 is 11.9 Å². The van der Waals surface area contributed by atoms with Crippen molar-refractivity contribution in [2.24, 2.45) is 14.1 Å². The van der Waals surface area contributed by atoms with Gasteiger partial charge in [-0.1, -0.05) is 0 Å². The highest BCUT2D eigenvalue weighted by atomic mass is 35.5. The molecule has 20 heavy (non-hydrogen) atoms.